The number of benzene rings is 9. The molecule has 270 valence electrons. The second-order valence-electron chi connectivity index (χ2n) is 14.8. The molecule has 0 saturated heterocycles. The first-order valence-corrected chi connectivity index (χ1v) is 19.6. The largest absolute Gasteiger partial charge is 0.307 e. The first kappa shape index (κ1) is 32.4. The number of nitrogens with zero attached hydrogens (tertiary/aromatic N) is 5. The Bertz CT molecular complexity index is 3440. The number of hydrogen-bond donors (Lipinski definition) is 0. The van der Waals surface area contributed by atoms with E-state index in [1.54, 1.807) is 0 Å². The van der Waals surface area contributed by atoms with Gasteiger partial charge in [0.25, 0.3) is 0 Å². The van der Waals surface area contributed by atoms with Crippen molar-refractivity contribution in [3.63, 3.8) is 0 Å². The lowest BCUT2D eigenvalue weighted by Crippen LogP contribution is -2.02. The summed E-state index contributed by atoms with van der Waals surface area (Å²) in [6, 6.07) is 71.1. The van der Waals surface area contributed by atoms with Crippen LogP contribution >= 0.6 is 0 Å². The van der Waals surface area contributed by atoms with E-state index in [1.807, 2.05) is 60.7 Å². The van der Waals surface area contributed by atoms with E-state index in [2.05, 4.69) is 149 Å². The van der Waals surface area contributed by atoms with Gasteiger partial charge >= 0.3 is 0 Å². The fraction of sp³-hybridized carbons (Fsp3) is 0. The lowest BCUT2D eigenvalue weighted by Gasteiger charge is -2.18. The molecule has 5 heteroatoms. The third-order valence-corrected chi connectivity index (χ3v) is 11.5. The number of rotatable bonds is 5. The van der Waals surface area contributed by atoms with Crippen molar-refractivity contribution in [2.45, 2.75) is 0 Å². The molecule has 0 aliphatic heterocycles. The van der Waals surface area contributed by atoms with Crippen LogP contribution in [0, 0.1) is 0 Å². The Labute approximate surface area is 333 Å². The Balaban J connectivity index is 1.15. The zero-order valence-corrected chi connectivity index (χ0v) is 31.3. The minimum absolute atomic E-state index is 0.630. The number of hydrogen-bond acceptors (Lipinski definition) is 3. The fourth-order valence-corrected chi connectivity index (χ4v) is 8.87. The van der Waals surface area contributed by atoms with Gasteiger partial charge in [-0.05, 0) is 76.8 Å². The van der Waals surface area contributed by atoms with Crippen molar-refractivity contribution in [2.75, 3.05) is 0 Å². The van der Waals surface area contributed by atoms with Gasteiger partial charge in [0.05, 0.1) is 27.8 Å². The summed E-state index contributed by atoms with van der Waals surface area (Å²) in [6.45, 7) is 0. The van der Waals surface area contributed by atoms with E-state index in [1.165, 1.54) is 54.1 Å². The van der Waals surface area contributed by atoms with Crippen molar-refractivity contribution in [2.24, 2.45) is 0 Å². The van der Waals surface area contributed by atoms with E-state index in [4.69, 9.17) is 15.0 Å². The third-order valence-electron chi connectivity index (χ3n) is 11.5. The summed E-state index contributed by atoms with van der Waals surface area (Å²) >= 11 is 0. The van der Waals surface area contributed by atoms with E-state index in [9.17, 15) is 0 Å². The highest BCUT2D eigenvalue weighted by Gasteiger charge is 2.23. The molecule has 58 heavy (non-hydrogen) atoms. The Kier molecular flexibility index (Phi) is 7.16. The Morgan fingerprint density at radius 1 is 0.293 bits per heavy atom. The number of fused-ring (bicyclic) bond motifs is 8. The smallest absolute Gasteiger partial charge is 0.164 e. The maximum atomic E-state index is 5.02. The Morgan fingerprint density at radius 2 is 0.707 bits per heavy atom. The highest BCUT2D eigenvalue weighted by atomic mass is 15.1. The van der Waals surface area contributed by atoms with E-state index < -0.39 is 0 Å². The van der Waals surface area contributed by atoms with E-state index in [-0.39, 0.29) is 0 Å². The minimum Gasteiger partial charge on any atom is -0.307 e. The lowest BCUT2D eigenvalue weighted by molar-refractivity contribution is 1.07. The average molecular weight is 740 g/mol. The second kappa shape index (κ2) is 12.8. The van der Waals surface area contributed by atoms with Crippen LogP contribution < -0.4 is 0 Å². The lowest BCUT2D eigenvalue weighted by atomic mass is 9.99. The monoisotopic (exact) mass is 739 g/mol. The van der Waals surface area contributed by atoms with Crippen molar-refractivity contribution in [1.29, 1.82) is 0 Å². The van der Waals surface area contributed by atoms with Crippen LogP contribution in [0.25, 0.3) is 111 Å². The Morgan fingerprint density at radius 3 is 1.26 bits per heavy atom. The molecule has 0 saturated carbocycles. The summed E-state index contributed by atoms with van der Waals surface area (Å²) in [6.07, 6.45) is 0. The zero-order chi connectivity index (χ0) is 38.2. The first-order valence-electron chi connectivity index (χ1n) is 19.6. The van der Waals surface area contributed by atoms with Gasteiger partial charge in [0.1, 0.15) is 0 Å². The molecule has 9 aromatic carbocycles. The molecule has 12 aromatic rings. The van der Waals surface area contributed by atoms with Gasteiger partial charge < -0.3 is 9.13 Å². The molecule has 0 fully saturated rings. The van der Waals surface area contributed by atoms with Gasteiger partial charge in [0, 0.05) is 49.3 Å². The highest BCUT2D eigenvalue weighted by molar-refractivity contribution is 6.22. The van der Waals surface area contributed by atoms with Gasteiger partial charge in [0.15, 0.2) is 17.5 Å². The third kappa shape index (κ3) is 5.00. The summed E-state index contributed by atoms with van der Waals surface area (Å²) in [4.78, 5) is 15.0. The van der Waals surface area contributed by atoms with E-state index >= 15 is 0 Å². The van der Waals surface area contributed by atoms with Crippen molar-refractivity contribution < 1.29 is 0 Å². The molecule has 3 heterocycles. The molecule has 0 aliphatic carbocycles. The summed E-state index contributed by atoms with van der Waals surface area (Å²) in [5, 5.41) is 9.73. The van der Waals surface area contributed by atoms with Crippen LogP contribution in [0.5, 0.6) is 0 Å². The first-order chi connectivity index (χ1) is 28.8. The molecular weight excluding hydrogens is 707 g/mol. The van der Waals surface area contributed by atoms with Crippen LogP contribution in [0.2, 0.25) is 0 Å². The molecule has 0 spiro atoms. The molecule has 0 radical (unpaired) electrons. The van der Waals surface area contributed by atoms with Gasteiger partial charge in [-0.1, -0.05) is 140 Å². The van der Waals surface area contributed by atoms with E-state index in [0.29, 0.717) is 17.5 Å². The predicted octanol–water partition coefficient (Wildman–Crippen LogP) is 13.4. The standard InChI is InChI=1S/C53H33N5/c1-3-15-34(16-4-1)51-54-52(35-17-5-2-6-18-35)56-53(55-51)36-27-29-40(30-28-36)57-46-24-12-11-23-43(46)45-33-39-31-37-19-7-8-20-38(37)32-44(39)49(50(45)57)58-47-25-13-9-21-41(47)42-22-10-14-26-48(42)58/h1-33H. The predicted molar refractivity (Wildman–Crippen MR) is 240 cm³/mol. The molecule has 0 unspecified atom stereocenters. The molecule has 5 nitrogen and oxygen atoms in total. The quantitative estimate of drug-likeness (QED) is 0.165. The summed E-state index contributed by atoms with van der Waals surface area (Å²) in [5.41, 5.74) is 9.68. The van der Waals surface area contributed by atoms with Crippen molar-refractivity contribution in [3.8, 4) is 45.5 Å². The summed E-state index contributed by atoms with van der Waals surface area (Å²) in [7, 11) is 0. The summed E-state index contributed by atoms with van der Waals surface area (Å²) in [5.74, 6) is 1.92. The van der Waals surface area contributed by atoms with Gasteiger partial charge in [-0.2, -0.15) is 0 Å². The van der Waals surface area contributed by atoms with Crippen molar-refractivity contribution >= 4 is 65.2 Å². The van der Waals surface area contributed by atoms with Crippen molar-refractivity contribution in [1.82, 2.24) is 24.1 Å². The molecule has 0 N–H and O–H groups in total. The van der Waals surface area contributed by atoms with Crippen molar-refractivity contribution in [3.05, 3.63) is 200 Å². The number of para-hydroxylation sites is 3. The van der Waals surface area contributed by atoms with Crippen LogP contribution in [-0.2, 0) is 0 Å². The van der Waals surface area contributed by atoms with Crippen LogP contribution in [0.3, 0.4) is 0 Å². The van der Waals surface area contributed by atoms with Crippen LogP contribution in [0.4, 0.5) is 0 Å². The maximum absolute atomic E-state index is 5.02. The molecule has 0 atom stereocenters. The maximum Gasteiger partial charge on any atom is 0.164 e. The fourth-order valence-electron chi connectivity index (χ4n) is 8.87. The molecule has 3 aromatic heterocycles. The minimum atomic E-state index is 0.630. The average Bonchev–Trinajstić information content (AvgIpc) is 3.81. The van der Waals surface area contributed by atoms with Crippen LogP contribution in [0.1, 0.15) is 0 Å². The molecular formula is C53H33N5. The summed E-state index contributed by atoms with van der Waals surface area (Å²) < 4.78 is 4.94. The zero-order valence-electron chi connectivity index (χ0n) is 31.3. The Hall–Kier alpha value is -7.89. The molecule has 0 aliphatic rings. The second-order valence-corrected chi connectivity index (χ2v) is 14.8. The highest BCUT2D eigenvalue weighted by Crippen LogP contribution is 2.44. The van der Waals surface area contributed by atoms with Gasteiger partial charge in [-0.25, -0.2) is 15.0 Å². The van der Waals surface area contributed by atoms with Crippen LogP contribution in [-0.4, -0.2) is 24.1 Å². The topological polar surface area (TPSA) is 48.5 Å². The molecule has 12 rings (SSSR count). The van der Waals surface area contributed by atoms with Gasteiger partial charge in [-0.15, -0.1) is 0 Å². The number of aromatic nitrogens is 5. The van der Waals surface area contributed by atoms with Crippen LogP contribution in [0.15, 0.2) is 200 Å². The molecule has 0 amide bonds. The molecule has 0 bridgehead atoms. The van der Waals surface area contributed by atoms with E-state index in [0.717, 1.165) is 39.1 Å². The van der Waals surface area contributed by atoms with Gasteiger partial charge in [-0.3, -0.25) is 0 Å². The normalized spacial score (nSPS) is 11.8. The van der Waals surface area contributed by atoms with Gasteiger partial charge in [0.2, 0.25) is 0 Å². The SMILES string of the molecule is c1ccc(-c2nc(-c3ccccc3)nc(-c3ccc(-n4c5ccccc5c5cc6cc7ccccc7cc6c(-n6c7ccccc7c7ccccc76)c54)cc3)n2)cc1.